The van der Waals surface area contributed by atoms with Crippen LogP contribution in [0.15, 0.2) is 18.2 Å². The Balaban J connectivity index is 1.87. The van der Waals surface area contributed by atoms with Gasteiger partial charge in [0.05, 0.1) is 11.1 Å². The zero-order valence-corrected chi connectivity index (χ0v) is 13.3. The molecule has 0 unspecified atom stereocenters. The van der Waals surface area contributed by atoms with Crippen molar-refractivity contribution < 1.29 is 19.1 Å². The maximum Gasteiger partial charge on any atom is 0.407 e. The Morgan fingerprint density at radius 2 is 1.91 bits per heavy atom. The number of rotatable bonds is 2. The van der Waals surface area contributed by atoms with Gasteiger partial charge in [0, 0.05) is 18.5 Å². The largest absolute Gasteiger partial charge is 0.444 e. The first-order valence-corrected chi connectivity index (χ1v) is 7.22. The first-order chi connectivity index (χ1) is 10.8. The van der Waals surface area contributed by atoms with Crippen LogP contribution in [0, 0.1) is 11.8 Å². The summed E-state index contributed by atoms with van der Waals surface area (Å²) in [7, 11) is 0. The van der Waals surface area contributed by atoms with E-state index in [2.05, 4.69) is 22.5 Å². The minimum atomic E-state index is -0.530. The van der Waals surface area contributed by atoms with Crippen LogP contribution in [0.2, 0.25) is 0 Å². The van der Waals surface area contributed by atoms with E-state index < -0.39 is 17.6 Å². The molecule has 23 heavy (non-hydrogen) atoms. The molecule has 1 heterocycles. The molecule has 0 bridgehead atoms. The highest BCUT2D eigenvalue weighted by Gasteiger charge is 2.26. The maximum atomic E-state index is 11.6. The van der Waals surface area contributed by atoms with Gasteiger partial charge in [0.15, 0.2) is 0 Å². The number of alkyl carbamates (subject to hydrolysis) is 1. The molecule has 1 aliphatic rings. The van der Waals surface area contributed by atoms with Crippen LogP contribution in [0.4, 0.5) is 4.79 Å². The Hall–Kier alpha value is -2.81. The maximum absolute atomic E-state index is 11.6. The molecule has 2 rings (SSSR count). The van der Waals surface area contributed by atoms with Gasteiger partial charge in [0.25, 0.3) is 11.8 Å². The van der Waals surface area contributed by atoms with E-state index in [4.69, 9.17) is 4.74 Å². The molecule has 0 saturated carbocycles. The first kappa shape index (κ1) is 16.6. The number of carbonyl (C=O) groups is 3. The predicted molar refractivity (Wildman–Crippen MR) is 84.0 cm³/mol. The molecule has 1 aromatic carbocycles. The van der Waals surface area contributed by atoms with E-state index in [1.165, 1.54) is 0 Å². The highest BCUT2D eigenvalue weighted by Crippen LogP contribution is 2.16. The topological polar surface area (TPSA) is 84.5 Å². The molecule has 0 spiro atoms. The zero-order chi connectivity index (χ0) is 17.0. The van der Waals surface area contributed by atoms with Crippen LogP contribution in [-0.4, -0.2) is 30.1 Å². The smallest absolute Gasteiger partial charge is 0.407 e. The van der Waals surface area contributed by atoms with Crippen molar-refractivity contribution in [3.63, 3.8) is 0 Å². The molecule has 1 aromatic rings. The summed E-state index contributed by atoms with van der Waals surface area (Å²) in [5.41, 5.74) is 0.824. The van der Waals surface area contributed by atoms with Gasteiger partial charge in [-0.2, -0.15) is 0 Å². The number of benzene rings is 1. The van der Waals surface area contributed by atoms with Crippen LogP contribution in [0.3, 0.4) is 0 Å². The molecule has 3 amide bonds. The fraction of sp³-hybridized carbons (Fsp3) is 0.353. The molecule has 120 valence electrons. The molecule has 0 aliphatic carbocycles. The predicted octanol–water partition coefficient (Wildman–Crippen LogP) is 1.84. The average molecular weight is 314 g/mol. The lowest BCUT2D eigenvalue weighted by Crippen LogP contribution is -2.32. The number of nitrogens with one attached hydrogen (secondary N) is 2. The summed E-state index contributed by atoms with van der Waals surface area (Å²) in [5, 5.41) is 4.84. The summed E-state index contributed by atoms with van der Waals surface area (Å²) in [5.74, 6) is 5.01. The van der Waals surface area contributed by atoms with Gasteiger partial charge in [-0.1, -0.05) is 11.8 Å². The molecular weight excluding hydrogens is 296 g/mol. The van der Waals surface area contributed by atoms with Gasteiger partial charge >= 0.3 is 6.09 Å². The second-order valence-corrected chi connectivity index (χ2v) is 6.02. The van der Waals surface area contributed by atoms with Crippen LogP contribution in [0.25, 0.3) is 0 Å². The summed E-state index contributed by atoms with van der Waals surface area (Å²) in [6.07, 6.45) is -0.0337. The van der Waals surface area contributed by atoms with Crippen LogP contribution < -0.4 is 10.6 Å². The van der Waals surface area contributed by atoms with Gasteiger partial charge in [-0.05, 0) is 39.0 Å². The molecule has 0 radical (unpaired) electrons. The van der Waals surface area contributed by atoms with Crippen molar-refractivity contribution in [2.24, 2.45) is 0 Å². The quantitative estimate of drug-likeness (QED) is 0.495. The van der Waals surface area contributed by atoms with E-state index in [1.54, 1.807) is 39.0 Å². The number of imide groups is 1. The lowest BCUT2D eigenvalue weighted by molar-refractivity contribution is 0.0528. The van der Waals surface area contributed by atoms with E-state index >= 15 is 0 Å². The second-order valence-electron chi connectivity index (χ2n) is 6.02. The Labute approximate surface area is 134 Å². The van der Waals surface area contributed by atoms with Crippen LogP contribution in [0.1, 0.15) is 53.5 Å². The standard InChI is InChI=1S/C17H18N2O4/c1-17(2,3)23-16(22)18-9-5-4-6-11-7-8-12-13(10-11)15(21)19-14(12)20/h7-8,10H,5,9H2,1-3H3,(H,18,22)(H,19,20,21). The number of carbonyl (C=O) groups excluding carboxylic acids is 3. The second kappa shape index (κ2) is 6.53. The lowest BCUT2D eigenvalue weighted by Gasteiger charge is -2.19. The van der Waals surface area contributed by atoms with Crippen molar-refractivity contribution in [1.82, 2.24) is 10.6 Å². The van der Waals surface area contributed by atoms with Crippen LogP contribution in [0.5, 0.6) is 0 Å². The summed E-state index contributed by atoms with van der Waals surface area (Å²) >= 11 is 0. The molecule has 6 nitrogen and oxygen atoms in total. The monoisotopic (exact) mass is 314 g/mol. The Bertz CT molecular complexity index is 720. The van der Waals surface area contributed by atoms with Crippen molar-refractivity contribution >= 4 is 17.9 Å². The van der Waals surface area contributed by atoms with Gasteiger partial charge in [-0.15, -0.1) is 0 Å². The van der Waals surface area contributed by atoms with Gasteiger partial charge < -0.3 is 10.1 Å². The zero-order valence-electron chi connectivity index (χ0n) is 13.3. The molecule has 6 heteroatoms. The van der Waals surface area contributed by atoms with E-state index in [0.29, 0.717) is 29.7 Å². The molecule has 2 N–H and O–H groups in total. The van der Waals surface area contributed by atoms with Gasteiger partial charge in [-0.3, -0.25) is 14.9 Å². The van der Waals surface area contributed by atoms with E-state index in [1.807, 2.05) is 0 Å². The fourth-order valence-corrected chi connectivity index (χ4v) is 1.95. The van der Waals surface area contributed by atoms with Crippen molar-refractivity contribution in [3.05, 3.63) is 34.9 Å². The molecule has 1 aliphatic heterocycles. The molecule has 0 aromatic heterocycles. The number of ether oxygens (including phenoxy) is 1. The third-order valence-electron chi connectivity index (χ3n) is 2.89. The third kappa shape index (κ3) is 4.58. The van der Waals surface area contributed by atoms with E-state index in [-0.39, 0.29) is 5.91 Å². The molecule has 0 saturated heterocycles. The average Bonchev–Trinajstić information content (AvgIpc) is 2.71. The summed E-state index contributed by atoms with van der Waals surface area (Å²) < 4.78 is 5.10. The highest BCUT2D eigenvalue weighted by atomic mass is 16.6. The minimum Gasteiger partial charge on any atom is -0.444 e. The van der Waals surface area contributed by atoms with E-state index in [0.717, 1.165) is 0 Å². The van der Waals surface area contributed by atoms with Gasteiger partial charge in [0.2, 0.25) is 0 Å². The van der Waals surface area contributed by atoms with Crippen LogP contribution >= 0.6 is 0 Å². The lowest BCUT2D eigenvalue weighted by atomic mass is 10.1. The first-order valence-electron chi connectivity index (χ1n) is 7.22. The summed E-state index contributed by atoms with van der Waals surface area (Å²) in [4.78, 5) is 34.4. The van der Waals surface area contributed by atoms with E-state index in [9.17, 15) is 14.4 Å². The van der Waals surface area contributed by atoms with Crippen molar-refractivity contribution in [1.29, 1.82) is 0 Å². The minimum absolute atomic E-state index is 0.341. The van der Waals surface area contributed by atoms with Gasteiger partial charge in [0.1, 0.15) is 5.60 Å². The van der Waals surface area contributed by atoms with Crippen molar-refractivity contribution in [2.45, 2.75) is 32.8 Å². The molecule has 0 fully saturated rings. The highest BCUT2D eigenvalue weighted by molar-refractivity contribution is 6.21. The van der Waals surface area contributed by atoms with Crippen LogP contribution in [-0.2, 0) is 4.74 Å². The Morgan fingerprint density at radius 1 is 1.22 bits per heavy atom. The van der Waals surface area contributed by atoms with Gasteiger partial charge in [-0.25, -0.2) is 4.79 Å². The number of hydrogen-bond donors (Lipinski definition) is 2. The SMILES string of the molecule is CC(C)(C)OC(=O)NCCC#Cc1ccc2c(c1)C(=O)NC2=O. The summed E-state index contributed by atoms with van der Waals surface area (Å²) in [6, 6.07) is 4.85. The van der Waals surface area contributed by atoms with Crippen molar-refractivity contribution in [2.75, 3.05) is 6.54 Å². The molecular formula is C17H18N2O4. The summed E-state index contributed by atoms with van der Waals surface area (Å²) in [6.45, 7) is 5.75. The Morgan fingerprint density at radius 3 is 2.61 bits per heavy atom. The number of hydrogen-bond acceptors (Lipinski definition) is 4. The number of amides is 3. The fourth-order valence-electron chi connectivity index (χ4n) is 1.95. The van der Waals surface area contributed by atoms with Crippen molar-refractivity contribution in [3.8, 4) is 11.8 Å². The number of fused-ring (bicyclic) bond motifs is 1. The normalized spacial score (nSPS) is 12.8. The molecule has 0 atom stereocenters. The Kier molecular flexibility index (Phi) is 4.70. The third-order valence-corrected chi connectivity index (χ3v) is 2.89.